The standard InChI is InChI=1S/C40H33BN2/c1-2-8-29(9-3-1)42-35-14-7-15-36-38(35)41(33-12-6-11-31-30-10-4-5-13-34(30)43(36)39(31)33)32-17-16-28(21-37(32)42)40-22-25-18-26(23-40)20-27(19-25)24-40/h1-17,21,25-27H,18-20,22-24H2. The summed E-state index contributed by atoms with van der Waals surface area (Å²) >= 11 is 0. The summed E-state index contributed by atoms with van der Waals surface area (Å²) in [6.07, 6.45) is 8.63. The molecule has 6 aliphatic rings. The van der Waals surface area contributed by atoms with Gasteiger partial charge in [-0.15, -0.1) is 0 Å². The van der Waals surface area contributed by atoms with Crippen LogP contribution in [0.25, 0.3) is 27.5 Å². The molecule has 2 nitrogen and oxygen atoms in total. The number of rotatable bonds is 2. The van der Waals surface area contributed by atoms with Gasteiger partial charge in [-0.25, -0.2) is 0 Å². The summed E-state index contributed by atoms with van der Waals surface area (Å²) in [5, 5.41) is 2.70. The lowest BCUT2D eigenvalue weighted by molar-refractivity contribution is -0.00516. The van der Waals surface area contributed by atoms with Crippen LogP contribution in [0.4, 0.5) is 17.1 Å². The Morgan fingerprint density at radius 3 is 2.09 bits per heavy atom. The molecular weight excluding hydrogens is 519 g/mol. The Labute approximate surface area is 253 Å². The van der Waals surface area contributed by atoms with Gasteiger partial charge in [0.25, 0.3) is 6.71 Å². The number of fused-ring (bicyclic) bond motifs is 7. The van der Waals surface area contributed by atoms with Crippen LogP contribution in [0, 0.1) is 17.8 Å². The van der Waals surface area contributed by atoms with Gasteiger partial charge in [0, 0.05) is 39.0 Å². The van der Waals surface area contributed by atoms with E-state index < -0.39 is 0 Å². The zero-order chi connectivity index (χ0) is 27.9. The first-order valence-electron chi connectivity index (χ1n) is 16.4. The molecule has 0 radical (unpaired) electrons. The summed E-state index contributed by atoms with van der Waals surface area (Å²) in [4.78, 5) is 2.59. The van der Waals surface area contributed by atoms with Gasteiger partial charge >= 0.3 is 0 Å². The van der Waals surface area contributed by atoms with E-state index in [1.165, 1.54) is 99.5 Å². The van der Waals surface area contributed by atoms with E-state index in [1.807, 2.05) is 0 Å². The van der Waals surface area contributed by atoms with Crippen molar-refractivity contribution in [1.82, 2.24) is 4.57 Å². The van der Waals surface area contributed by atoms with Gasteiger partial charge in [-0.1, -0.05) is 72.8 Å². The lowest BCUT2D eigenvalue weighted by Gasteiger charge is -2.57. The minimum absolute atomic E-state index is 0.215. The minimum Gasteiger partial charge on any atom is -0.311 e. The maximum absolute atomic E-state index is 2.65. The maximum atomic E-state index is 2.65. The zero-order valence-corrected chi connectivity index (χ0v) is 24.3. The van der Waals surface area contributed by atoms with Crippen LogP contribution in [-0.4, -0.2) is 11.3 Å². The third kappa shape index (κ3) is 2.91. The van der Waals surface area contributed by atoms with E-state index in [9.17, 15) is 0 Å². The highest BCUT2D eigenvalue weighted by Gasteiger charge is 2.52. The molecule has 4 aliphatic carbocycles. The van der Waals surface area contributed by atoms with Gasteiger partial charge in [0.1, 0.15) is 0 Å². The lowest BCUT2D eigenvalue weighted by atomic mass is 9.33. The molecular formula is C40H33BN2. The van der Waals surface area contributed by atoms with Gasteiger partial charge in [0.05, 0.1) is 5.52 Å². The van der Waals surface area contributed by atoms with E-state index in [0.717, 1.165) is 17.8 Å². The normalized spacial score (nSPS) is 25.8. The second-order valence-electron chi connectivity index (χ2n) is 14.4. The summed E-state index contributed by atoms with van der Waals surface area (Å²) in [5.41, 5.74) is 14.2. The van der Waals surface area contributed by atoms with Crippen molar-refractivity contribution < 1.29 is 0 Å². The fraction of sp³-hybridized carbons (Fsp3) is 0.250. The molecule has 0 N–H and O–H groups in total. The molecule has 4 bridgehead atoms. The average molecular weight is 553 g/mol. The molecule has 0 saturated heterocycles. The molecule has 2 aliphatic heterocycles. The molecule has 43 heavy (non-hydrogen) atoms. The van der Waals surface area contributed by atoms with Crippen LogP contribution >= 0.6 is 0 Å². The second-order valence-corrected chi connectivity index (χ2v) is 14.4. The van der Waals surface area contributed by atoms with Crippen LogP contribution in [0.15, 0.2) is 109 Å². The number of benzene rings is 5. The summed E-state index contributed by atoms with van der Waals surface area (Å²) in [7, 11) is 0. The quantitative estimate of drug-likeness (QED) is 0.198. The largest absolute Gasteiger partial charge is 0.311 e. The van der Waals surface area contributed by atoms with E-state index in [1.54, 1.807) is 5.56 Å². The minimum atomic E-state index is 0.215. The van der Waals surface area contributed by atoms with Gasteiger partial charge in [-0.3, -0.25) is 0 Å². The zero-order valence-electron chi connectivity index (χ0n) is 24.3. The van der Waals surface area contributed by atoms with Crippen LogP contribution in [0.5, 0.6) is 0 Å². The van der Waals surface area contributed by atoms with Crippen LogP contribution in [0.1, 0.15) is 44.1 Å². The highest BCUT2D eigenvalue weighted by atomic mass is 15.2. The molecule has 0 spiro atoms. The van der Waals surface area contributed by atoms with Crippen molar-refractivity contribution in [3.8, 4) is 5.69 Å². The summed E-state index contributed by atoms with van der Waals surface area (Å²) < 4.78 is 2.55. The van der Waals surface area contributed by atoms with Gasteiger partial charge in [0.2, 0.25) is 0 Å². The first-order chi connectivity index (χ1) is 21.3. The first kappa shape index (κ1) is 23.2. The Balaban J connectivity index is 1.22. The SMILES string of the molecule is c1ccc(N2c3cc(C45CC6CC(CC(C6)C4)C5)ccc3B3c4c2cccc4-n2c4ccccc4c4cccc3c42)cc1. The van der Waals surface area contributed by atoms with E-state index >= 15 is 0 Å². The third-order valence-electron chi connectivity index (χ3n) is 12.1. The first-order valence-corrected chi connectivity index (χ1v) is 16.4. The van der Waals surface area contributed by atoms with Crippen LogP contribution in [0.3, 0.4) is 0 Å². The molecule has 3 heterocycles. The average Bonchev–Trinajstić information content (AvgIpc) is 3.38. The van der Waals surface area contributed by atoms with E-state index in [4.69, 9.17) is 0 Å². The summed E-state index contributed by atoms with van der Waals surface area (Å²) in [5.74, 6) is 2.82. The molecule has 206 valence electrons. The van der Waals surface area contributed by atoms with E-state index in [-0.39, 0.29) is 6.71 Å². The van der Waals surface area contributed by atoms with Crippen molar-refractivity contribution in [1.29, 1.82) is 0 Å². The van der Waals surface area contributed by atoms with Crippen molar-refractivity contribution >= 4 is 62.0 Å². The predicted octanol–water partition coefficient (Wildman–Crippen LogP) is 7.86. The third-order valence-corrected chi connectivity index (χ3v) is 12.1. The van der Waals surface area contributed by atoms with Gasteiger partial charge in [-0.05, 0) is 120 Å². The number of anilines is 3. The van der Waals surface area contributed by atoms with Gasteiger partial charge < -0.3 is 9.47 Å². The Bertz CT molecular complexity index is 2100. The summed E-state index contributed by atoms with van der Waals surface area (Å²) in [6.45, 7) is 0.215. The van der Waals surface area contributed by atoms with E-state index in [0.29, 0.717) is 5.41 Å². The molecule has 0 atom stereocenters. The molecule has 4 saturated carbocycles. The number of hydrogen-bond donors (Lipinski definition) is 0. The number of nitrogens with zero attached hydrogens (tertiary/aromatic N) is 2. The molecule has 0 amide bonds. The Morgan fingerprint density at radius 1 is 0.581 bits per heavy atom. The van der Waals surface area contributed by atoms with Crippen molar-refractivity contribution in [2.24, 2.45) is 17.8 Å². The Kier molecular flexibility index (Phi) is 4.34. The van der Waals surface area contributed by atoms with Crippen molar-refractivity contribution in [3.63, 3.8) is 0 Å². The fourth-order valence-electron chi connectivity index (χ4n) is 11.0. The Hall–Kier alpha value is -4.24. The predicted molar refractivity (Wildman–Crippen MR) is 180 cm³/mol. The van der Waals surface area contributed by atoms with Crippen LogP contribution in [-0.2, 0) is 5.41 Å². The van der Waals surface area contributed by atoms with Crippen LogP contribution in [0.2, 0.25) is 0 Å². The van der Waals surface area contributed by atoms with Gasteiger partial charge in [0.15, 0.2) is 0 Å². The smallest absolute Gasteiger partial charge is 0.252 e. The van der Waals surface area contributed by atoms with Crippen molar-refractivity contribution in [3.05, 3.63) is 115 Å². The topological polar surface area (TPSA) is 8.17 Å². The second kappa shape index (κ2) is 8.02. The van der Waals surface area contributed by atoms with Gasteiger partial charge in [-0.2, -0.15) is 0 Å². The lowest BCUT2D eigenvalue weighted by Crippen LogP contribution is -2.60. The number of hydrogen-bond acceptors (Lipinski definition) is 1. The van der Waals surface area contributed by atoms with Crippen molar-refractivity contribution in [2.75, 3.05) is 4.90 Å². The molecule has 6 aromatic rings. The Morgan fingerprint density at radius 2 is 1.28 bits per heavy atom. The highest BCUT2D eigenvalue weighted by Crippen LogP contribution is 2.61. The van der Waals surface area contributed by atoms with E-state index in [2.05, 4.69) is 119 Å². The summed E-state index contributed by atoms with van der Waals surface area (Å²) in [6, 6.07) is 41.8. The fourth-order valence-corrected chi connectivity index (χ4v) is 11.0. The van der Waals surface area contributed by atoms with Crippen molar-refractivity contribution in [2.45, 2.75) is 43.9 Å². The number of para-hydroxylation sites is 3. The monoisotopic (exact) mass is 552 g/mol. The molecule has 4 fully saturated rings. The number of aromatic nitrogens is 1. The molecule has 0 unspecified atom stereocenters. The highest BCUT2D eigenvalue weighted by molar-refractivity contribution is 7.00. The molecule has 3 heteroatoms. The molecule has 1 aromatic heterocycles. The molecule has 12 rings (SSSR count). The maximum Gasteiger partial charge on any atom is 0.252 e. The van der Waals surface area contributed by atoms with Crippen LogP contribution < -0.4 is 21.3 Å². The molecule has 5 aromatic carbocycles.